The second-order valence-corrected chi connectivity index (χ2v) is 4.91. The Morgan fingerprint density at radius 1 is 1.47 bits per heavy atom. The Labute approximate surface area is 101 Å². The summed E-state index contributed by atoms with van der Waals surface area (Å²) in [7, 11) is 0. The highest BCUT2D eigenvalue weighted by Gasteiger charge is 2.36. The summed E-state index contributed by atoms with van der Waals surface area (Å²) in [5.41, 5.74) is 2.03. The number of aryl methyl sites for hydroxylation is 1. The molecule has 0 bridgehead atoms. The highest BCUT2D eigenvalue weighted by molar-refractivity contribution is 5.45. The molecule has 0 saturated heterocycles. The monoisotopic (exact) mass is 230 g/mol. The lowest BCUT2D eigenvalue weighted by molar-refractivity contribution is 0.691. The van der Waals surface area contributed by atoms with Crippen molar-refractivity contribution >= 4 is 11.6 Å². The molecule has 0 spiro atoms. The van der Waals surface area contributed by atoms with E-state index in [0.29, 0.717) is 6.04 Å². The molecule has 2 atom stereocenters. The molecular weight excluding hydrogens is 212 g/mol. The van der Waals surface area contributed by atoms with E-state index in [4.69, 9.17) is 0 Å². The number of nitrogens with one attached hydrogen (secondary N) is 1. The molecule has 2 unspecified atom stereocenters. The molecular formula is C13H18N4. The number of rotatable bonds is 4. The lowest BCUT2D eigenvalue weighted by Crippen LogP contribution is -2.06. The summed E-state index contributed by atoms with van der Waals surface area (Å²) in [5, 5.41) is 7.91. The molecule has 4 nitrogen and oxygen atoms in total. The fourth-order valence-electron chi connectivity index (χ4n) is 2.38. The van der Waals surface area contributed by atoms with Crippen molar-refractivity contribution in [2.75, 3.05) is 5.32 Å². The van der Waals surface area contributed by atoms with Gasteiger partial charge in [-0.05, 0) is 37.8 Å². The number of anilines is 1. The van der Waals surface area contributed by atoms with E-state index >= 15 is 0 Å². The van der Waals surface area contributed by atoms with Crippen molar-refractivity contribution in [2.24, 2.45) is 5.92 Å². The molecule has 1 aliphatic carbocycles. The maximum atomic E-state index is 4.49. The molecule has 0 amide bonds. The van der Waals surface area contributed by atoms with E-state index in [0.717, 1.165) is 23.2 Å². The minimum absolute atomic E-state index is 0.590. The first-order valence-corrected chi connectivity index (χ1v) is 6.37. The van der Waals surface area contributed by atoms with Gasteiger partial charge in [-0.15, -0.1) is 5.10 Å². The summed E-state index contributed by atoms with van der Waals surface area (Å²) in [6.45, 7) is 4.28. The maximum Gasteiger partial charge on any atom is 0.243 e. The third kappa shape index (κ3) is 1.99. The molecule has 2 heterocycles. The lowest BCUT2D eigenvalue weighted by atomic mass is 10.2. The van der Waals surface area contributed by atoms with E-state index in [9.17, 15) is 0 Å². The third-order valence-electron chi connectivity index (χ3n) is 3.45. The Morgan fingerprint density at radius 2 is 2.35 bits per heavy atom. The minimum atomic E-state index is 0.590. The Balaban J connectivity index is 1.76. The van der Waals surface area contributed by atoms with Gasteiger partial charge in [0.2, 0.25) is 5.95 Å². The molecule has 1 aliphatic rings. The quantitative estimate of drug-likeness (QED) is 0.878. The summed E-state index contributed by atoms with van der Waals surface area (Å²) in [6.07, 6.45) is 3.84. The molecule has 1 saturated carbocycles. The van der Waals surface area contributed by atoms with Crippen LogP contribution in [0, 0.1) is 12.8 Å². The van der Waals surface area contributed by atoms with Gasteiger partial charge < -0.3 is 5.32 Å². The summed E-state index contributed by atoms with van der Waals surface area (Å²) in [6, 6.07) is 6.64. The second kappa shape index (κ2) is 4.02. The van der Waals surface area contributed by atoms with E-state index in [1.165, 1.54) is 19.3 Å². The zero-order chi connectivity index (χ0) is 11.8. The Kier molecular flexibility index (Phi) is 2.50. The van der Waals surface area contributed by atoms with Gasteiger partial charge in [-0.1, -0.05) is 19.4 Å². The summed E-state index contributed by atoms with van der Waals surface area (Å²) < 4.78 is 1.89. The van der Waals surface area contributed by atoms with Crippen LogP contribution in [0.1, 0.15) is 31.9 Å². The van der Waals surface area contributed by atoms with Gasteiger partial charge in [0.05, 0.1) is 0 Å². The zero-order valence-corrected chi connectivity index (χ0v) is 10.3. The van der Waals surface area contributed by atoms with Crippen LogP contribution in [0.5, 0.6) is 0 Å². The van der Waals surface area contributed by atoms with Crippen LogP contribution in [0.4, 0.5) is 5.95 Å². The van der Waals surface area contributed by atoms with Crippen LogP contribution >= 0.6 is 0 Å². The standard InChI is InChI=1S/C13H18N4/c1-3-5-10-8-11(10)14-13-15-12-7-4-6-9(2)17(12)16-13/h4,6-7,10-11H,3,5,8H2,1-2H3,(H,14,16). The van der Waals surface area contributed by atoms with E-state index in [2.05, 4.69) is 22.3 Å². The number of pyridine rings is 1. The van der Waals surface area contributed by atoms with E-state index in [1.807, 2.05) is 29.6 Å². The van der Waals surface area contributed by atoms with Gasteiger partial charge in [0.15, 0.2) is 5.65 Å². The van der Waals surface area contributed by atoms with E-state index in [-0.39, 0.29) is 0 Å². The van der Waals surface area contributed by atoms with Gasteiger partial charge in [0.1, 0.15) is 0 Å². The van der Waals surface area contributed by atoms with Crippen molar-refractivity contribution < 1.29 is 0 Å². The fraction of sp³-hybridized carbons (Fsp3) is 0.538. The van der Waals surface area contributed by atoms with Crippen LogP contribution in [-0.2, 0) is 0 Å². The molecule has 0 aromatic carbocycles. The van der Waals surface area contributed by atoms with Gasteiger partial charge in [-0.25, -0.2) is 4.52 Å². The average Bonchev–Trinajstić information content (AvgIpc) is 2.88. The number of hydrogen-bond donors (Lipinski definition) is 1. The number of hydrogen-bond acceptors (Lipinski definition) is 3. The predicted molar refractivity (Wildman–Crippen MR) is 68.1 cm³/mol. The smallest absolute Gasteiger partial charge is 0.243 e. The van der Waals surface area contributed by atoms with Crippen molar-refractivity contribution in [1.29, 1.82) is 0 Å². The van der Waals surface area contributed by atoms with Crippen molar-refractivity contribution in [2.45, 2.75) is 39.2 Å². The highest BCUT2D eigenvalue weighted by atomic mass is 15.4. The predicted octanol–water partition coefficient (Wildman–Crippen LogP) is 2.64. The average molecular weight is 230 g/mol. The summed E-state index contributed by atoms with van der Waals surface area (Å²) in [5.74, 6) is 1.59. The van der Waals surface area contributed by atoms with Crippen molar-refractivity contribution in [1.82, 2.24) is 14.6 Å². The van der Waals surface area contributed by atoms with Gasteiger partial charge in [-0.3, -0.25) is 0 Å². The molecule has 4 heteroatoms. The number of fused-ring (bicyclic) bond motifs is 1. The van der Waals surface area contributed by atoms with Gasteiger partial charge in [-0.2, -0.15) is 4.98 Å². The van der Waals surface area contributed by atoms with E-state index in [1.54, 1.807) is 0 Å². The molecule has 2 aromatic rings. The Morgan fingerprint density at radius 3 is 3.12 bits per heavy atom. The topological polar surface area (TPSA) is 42.2 Å². The first-order valence-electron chi connectivity index (χ1n) is 6.37. The van der Waals surface area contributed by atoms with Crippen LogP contribution in [0.2, 0.25) is 0 Å². The summed E-state index contributed by atoms with van der Waals surface area (Å²) in [4.78, 5) is 4.49. The molecule has 2 aromatic heterocycles. The second-order valence-electron chi connectivity index (χ2n) is 4.91. The highest BCUT2D eigenvalue weighted by Crippen LogP contribution is 2.36. The summed E-state index contributed by atoms with van der Waals surface area (Å²) >= 11 is 0. The lowest BCUT2D eigenvalue weighted by Gasteiger charge is -1.98. The molecule has 3 rings (SSSR count). The third-order valence-corrected chi connectivity index (χ3v) is 3.45. The molecule has 0 aliphatic heterocycles. The first kappa shape index (κ1) is 10.6. The molecule has 1 N–H and O–H groups in total. The van der Waals surface area contributed by atoms with Crippen molar-refractivity contribution in [3.8, 4) is 0 Å². The first-order chi connectivity index (χ1) is 8.28. The zero-order valence-electron chi connectivity index (χ0n) is 10.3. The van der Waals surface area contributed by atoms with Gasteiger partial charge in [0.25, 0.3) is 0 Å². The van der Waals surface area contributed by atoms with Crippen LogP contribution < -0.4 is 5.32 Å². The Hall–Kier alpha value is -1.58. The van der Waals surface area contributed by atoms with Crippen LogP contribution in [-0.4, -0.2) is 20.6 Å². The van der Waals surface area contributed by atoms with Gasteiger partial charge in [0, 0.05) is 11.7 Å². The Bertz CT molecular complexity index is 531. The molecule has 17 heavy (non-hydrogen) atoms. The normalized spacial score (nSPS) is 22.9. The van der Waals surface area contributed by atoms with E-state index < -0.39 is 0 Å². The van der Waals surface area contributed by atoms with Gasteiger partial charge >= 0.3 is 0 Å². The minimum Gasteiger partial charge on any atom is -0.350 e. The molecule has 90 valence electrons. The van der Waals surface area contributed by atoms with Crippen molar-refractivity contribution in [3.05, 3.63) is 23.9 Å². The van der Waals surface area contributed by atoms with Crippen molar-refractivity contribution in [3.63, 3.8) is 0 Å². The van der Waals surface area contributed by atoms with Crippen LogP contribution in [0.25, 0.3) is 5.65 Å². The van der Waals surface area contributed by atoms with Crippen LogP contribution in [0.15, 0.2) is 18.2 Å². The maximum absolute atomic E-state index is 4.49. The molecule has 1 fully saturated rings. The largest absolute Gasteiger partial charge is 0.350 e. The number of aromatic nitrogens is 3. The fourth-order valence-corrected chi connectivity index (χ4v) is 2.38. The SMILES string of the molecule is CCCC1CC1Nc1nc2cccc(C)n2n1. The number of nitrogens with zero attached hydrogens (tertiary/aromatic N) is 3. The van der Waals surface area contributed by atoms with Crippen LogP contribution in [0.3, 0.4) is 0 Å². The molecule has 0 radical (unpaired) electrons.